The maximum absolute atomic E-state index is 13.8. The minimum Gasteiger partial charge on any atom is -0.267 e. The first kappa shape index (κ1) is 25.4. The quantitative estimate of drug-likeness (QED) is 0.483. The van der Waals surface area contributed by atoms with E-state index in [-0.39, 0.29) is 18.4 Å². The van der Waals surface area contributed by atoms with Crippen molar-refractivity contribution in [2.75, 3.05) is 13.1 Å². The predicted molar refractivity (Wildman–Crippen MR) is 130 cm³/mol. The number of alkyl halides is 3. The van der Waals surface area contributed by atoms with E-state index in [1.165, 1.54) is 6.07 Å². The van der Waals surface area contributed by atoms with Crippen LogP contribution < -0.4 is 4.72 Å². The van der Waals surface area contributed by atoms with Gasteiger partial charge in [-0.2, -0.15) is 35.7 Å². The Labute approximate surface area is 216 Å². The Morgan fingerprint density at radius 3 is 2.34 bits per heavy atom. The molecule has 0 unspecified atom stereocenters. The van der Waals surface area contributed by atoms with Gasteiger partial charge < -0.3 is 0 Å². The second kappa shape index (κ2) is 8.59. The molecule has 1 aliphatic heterocycles. The molecule has 1 aromatic heterocycles. The van der Waals surface area contributed by atoms with Crippen LogP contribution in [0.15, 0.2) is 42.5 Å². The third-order valence-electron chi connectivity index (χ3n) is 8.30. The zero-order valence-electron chi connectivity index (χ0n) is 20.4. The fraction of sp³-hybridized carbons (Fsp3) is 0.423. The first-order valence-corrected chi connectivity index (χ1v) is 13.8. The zero-order valence-corrected chi connectivity index (χ0v) is 21.2. The van der Waals surface area contributed by atoms with Gasteiger partial charge >= 0.3 is 6.18 Å². The van der Waals surface area contributed by atoms with Crippen molar-refractivity contribution in [3.05, 3.63) is 65.2 Å². The van der Waals surface area contributed by atoms with Crippen molar-refractivity contribution in [2.45, 2.75) is 37.4 Å². The molecule has 202 valence electrons. The van der Waals surface area contributed by atoms with E-state index in [0.29, 0.717) is 34.1 Å². The van der Waals surface area contributed by atoms with Gasteiger partial charge in [-0.25, -0.2) is 8.78 Å². The molecule has 2 heterocycles. The van der Waals surface area contributed by atoms with Crippen molar-refractivity contribution in [1.82, 2.24) is 18.8 Å². The molecule has 1 saturated heterocycles. The number of aryl methyl sites for hydroxylation is 1. The normalized spacial score (nSPS) is 26.6. The molecule has 6 nitrogen and oxygen atoms in total. The maximum Gasteiger partial charge on any atom is 0.402 e. The molecule has 3 atom stereocenters. The summed E-state index contributed by atoms with van der Waals surface area (Å²) in [4.78, 5) is 0. The summed E-state index contributed by atoms with van der Waals surface area (Å²) in [6, 6.07) is 11.3. The van der Waals surface area contributed by atoms with Gasteiger partial charge in [0.15, 0.2) is 11.6 Å². The molecule has 6 rings (SSSR count). The van der Waals surface area contributed by atoms with E-state index < -0.39 is 40.1 Å². The van der Waals surface area contributed by atoms with Crippen molar-refractivity contribution >= 4 is 10.2 Å². The molecule has 12 heteroatoms. The fourth-order valence-electron chi connectivity index (χ4n) is 6.54. The Morgan fingerprint density at radius 2 is 1.66 bits per heavy atom. The maximum atomic E-state index is 13.8. The summed E-state index contributed by atoms with van der Waals surface area (Å²) in [6.07, 6.45) is -2.06. The number of halogens is 5. The van der Waals surface area contributed by atoms with Crippen LogP contribution in [0.25, 0.3) is 22.5 Å². The first-order valence-electron chi connectivity index (χ1n) is 12.3. The first-order chi connectivity index (χ1) is 17.8. The highest BCUT2D eigenvalue weighted by Crippen LogP contribution is 2.51. The summed E-state index contributed by atoms with van der Waals surface area (Å²) in [5.74, 6) is -2.13. The topological polar surface area (TPSA) is 67.2 Å². The summed E-state index contributed by atoms with van der Waals surface area (Å²) >= 11 is 0. The van der Waals surface area contributed by atoms with Crippen LogP contribution in [0, 0.1) is 23.5 Å². The summed E-state index contributed by atoms with van der Waals surface area (Å²) in [7, 11) is -2.53. The van der Waals surface area contributed by atoms with Gasteiger partial charge in [-0.3, -0.25) is 4.68 Å². The summed E-state index contributed by atoms with van der Waals surface area (Å²) < 4.78 is 96.8. The molecular formula is C26H25F5N4O2S. The number of benzene rings is 2. The largest absolute Gasteiger partial charge is 0.402 e. The smallest absolute Gasteiger partial charge is 0.267 e. The van der Waals surface area contributed by atoms with Crippen LogP contribution in [-0.2, 0) is 30.1 Å². The molecule has 2 aromatic carbocycles. The van der Waals surface area contributed by atoms with Gasteiger partial charge in [-0.05, 0) is 79.0 Å². The van der Waals surface area contributed by atoms with Crippen LogP contribution >= 0.6 is 0 Å². The highest BCUT2D eigenvalue weighted by atomic mass is 32.2. The molecule has 0 radical (unpaired) electrons. The minimum atomic E-state index is -4.62. The van der Waals surface area contributed by atoms with E-state index >= 15 is 0 Å². The molecule has 38 heavy (non-hydrogen) atoms. The molecule has 1 saturated carbocycles. The van der Waals surface area contributed by atoms with Gasteiger partial charge in [0.05, 0.1) is 16.9 Å². The lowest BCUT2D eigenvalue weighted by atomic mass is 9.79. The monoisotopic (exact) mass is 552 g/mol. The molecule has 2 bridgehead atoms. The Hall–Kier alpha value is -2.83. The lowest BCUT2D eigenvalue weighted by Crippen LogP contribution is -2.52. The molecule has 3 aliphatic rings. The Morgan fingerprint density at radius 1 is 0.974 bits per heavy atom. The van der Waals surface area contributed by atoms with Crippen LogP contribution in [0.4, 0.5) is 22.0 Å². The van der Waals surface area contributed by atoms with Gasteiger partial charge in [-0.15, -0.1) is 0 Å². The van der Waals surface area contributed by atoms with E-state index in [1.54, 1.807) is 17.8 Å². The number of fused-ring (bicyclic) bond motifs is 1. The van der Waals surface area contributed by atoms with E-state index in [1.807, 2.05) is 18.2 Å². The lowest BCUT2D eigenvalue weighted by molar-refractivity contribution is -0.136. The molecule has 1 spiro atoms. The molecule has 2 aliphatic carbocycles. The predicted octanol–water partition coefficient (Wildman–Crippen LogP) is 4.61. The zero-order chi connectivity index (χ0) is 27.0. The molecule has 0 amide bonds. The van der Waals surface area contributed by atoms with Crippen molar-refractivity contribution < 1.29 is 30.4 Å². The van der Waals surface area contributed by atoms with Crippen molar-refractivity contribution in [2.24, 2.45) is 18.9 Å². The number of hydrogen-bond acceptors (Lipinski definition) is 3. The van der Waals surface area contributed by atoms with E-state index in [9.17, 15) is 30.4 Å². The average Bonchev–Trinajstić information content (AvgIpc) is 3.40. The Balaban J connectivity index is 1.31. The fourth-order valence-corrected chi connectivity index (χ4v) is 8.25. The van der Waals surface area contributed by atoms with Gasteiger partial charge in [0.2, 0.25) is 0 Å². The standard InChI is InChI=1S/C26H25F5N4O2S/c1-34-24(17-4-7-21(27)22(28)11-17)12-23(32-34)16-3-2-15-9-19-5-6-20(10-18(15)8-16)25(19)13-35(14-26(29,30)31)38(36,37)33-25/h2-4,7-8,11-12,19-20,33H,5-6,9-10,13-14H2,1H3/t19-,20+,25+/m0/s1. The van der Waals surface area contributed by atoms with Crippen molar-refractivity contribution in [1.29, 1.82) is 0 Å². The van der Waals surface area contributed by atoms with Gasteiger partial charge in [-0.1, -0.05) is 12.1 Å². The number of nitrogens with zero attached hydrogens (tertiary/aromatic N) is 3. The Bertz CT molecular complexity index is 1540. The third kappa shape index (κ3) is 4.22. The van der Waals surface area contributed by atoms with Crippen molar-refractivity contribution in [3.8, 4) is 22.5 Å². The van der Waals surface area contributed by atoms with E-state index in [4.69, 9.17) is 0 Å². The second-order valence-electron chi connectivity index (χ2n) is 10.6. The highest BCUT2D eigenvalue weighted by molar-refractivity contribution is 7.87. The van der Waals surface area contributed by atoms with Gasteiger partial charge in [0.25, 0.3) is 10.2 Å². The summed E-state index contributed by atoms with van der Waals surface area (Å²) in [5.41, 5.74) is 3.66. The van der Waals surface area contributed by atoms with Crippen LogP contribution in [0.3, 0.4) is 0 Å². The molecule has 2 fully saturated rings. The SMILES string of the molecule is Cn1nc(-c2ccc3c(c2)C[C@H]2CC[C@@H](C3)[C@]23CN(CC(F)(F)F)S(=O)(=O)N3)cc1-c1ccc(F)c(F)c1. The van der Waals surface area contributed by atoms with Crippen LogP contribution in [0.2, 0.25) is 0 Å². The van der Waals surface area contributed by atoms with Crippen LogP contribution in [-0.4, -0.2) is 47.3 Å². The second-order valence-corrected chi connectivity index (χ2v) is 12.2. The van der Waals surface area contributed by atoms with Gasteiger partial charge in [0, 0.05) is 24.7 Å². The van der Waals surface area contributed by atoms with Crippen molar-refractivity contribution in [3.63, 3.8) is 0 Å². The van der Waals surface area contributed by atoms with Crippen LogP contribution in [0.1, 0.15) is 24.0 Å². The van der Waals surface area contributed by atoms with E-state index in [0.717, 1.165) is 41.7 Å². The number of hydrogen-bond donors (Lipinski definition) is 1. The van der Waals surface area contributed by atoms with Crippen LogP contribution in [0.5, 0.6) is 0 Å². The lowest BCUT2D eigenvalue weighted by Gasteiger charge is -2.33. The number of aromatic nitrogens is 2. The summed E-state index contributed by atoms with van der Waals surface area (Å²) in [5, 5.41) is 4.56. The Kier molecular flexibility index (Phi) is 5.75. The van der Waals surface area contributed by atoms with E-state index in [2.05, 4.69) is 9.82 Å². The third-order valence-corrected chi connectivity index (χ3v) is 9.88. The molecule has 3 aromatic rings. The summed E-state index contributed by atoms with van der Waals surface area (Å²) in [6.45, 7) is -1.69. The molecule has 1 N–H and O–H groups in total. The number of rotatable bonds is 3. The van der Waals surface area contributed by atoms with Gasteiger partial charge in [0.1, 0.15) is 6.54 Å². The average molecular weight is 553 g/mol. The number of nitrogens with one attached hydrogen (secondary N) is 1. The highest BCUT2D eigenvalue weighted by Gasteiger charge is 2.60. The molecular weight excluding hydrogens is 527 g/mol. The minimum absolute atomic E-state index is 0.109.